The van der Waals surface area contributed by atoms with Gasteiger partial charge in [-0.25, -0.2) is 9.97 Å². The largest absolute Gasteiger partial charge is 0.495 e. The minimum Gasteiger partial charge on any atom is -0.495 e. The fourth-order valence-electron chi connectivity index (χ4n) is 9.37. The van der Waals surface area contributed by atoms with Gasteiger partial charge in [-0.1, -0.05) is 37.5 Å². The molecule has 2 N–H and O–H groups in total. The number of nitrogens with one attached hydrogen (secondary N) is 2. The Morgan fingerprint density at radius 3 is 1.26 bits per heavy atom. The molecule has 0 amide bonds. The molecule has 0 bridgehead atoms. The first-order chi connectivity index (χ1) is 32.1. The molecule has 0 aliphatic carbocycles. The van der Waals surface area contributed by atoms with E-state index < -0.39 is 0 Å². The molecule has 2 aromatic carbocycles. The molecule has 0 spiro atoms. The molecule has 4 saturated heterocycles. The SMILES string of the molecule is CCN1CCC(Nc2nc(N(C)C)nc3cc(C#CCCN4CCCC4)c(OC)cc23)CC1.CCN1CCC(Nc2nc(N(C)C)nc3cc(C#CCCN4CCCC4)c(OC)cc23)CC1. The van der Waals surface area contributed by atoms with Gasteiger partial charge in [0.1, 0.15) is 23.1 Å². The third-order valence-corrected chi connectivity index (χ3v) is 13.5. The van der Waals surface area contributed by atoms with E-state index in [-0.39, 0.29) is 0 Å². The van der Waals surface area contributed by atoms with Crippen LogP contribution >= 0.6 is 0 Å². The maximum Gasteiger partial charge on any atom is 0.227 e. The average molecular weight is 901 g/mol. The summed E-state index contributed by atoms with van der Waals surface area (Å²) in [5.74, 6) is 18.1. The quantitative estimate of drug-likeness (QED) is 0.128. The van der Waals surface area contributed by atoms with Gasteiger partial charge in [0, 0.05) is 103 Å². The smallest absolute Gasteiger partial charge is 0.227 e. The summed E-state index contributed by atoms with van der Waals surface area (Å²) in [6.07, 6.45) is 11.5. The van der Waals surface area contributed by atoms with Crippen molar-refractivity contribution in [1.82, 2.24) is 39.5 Å². The van der Waals surface area contributed by atoms with Crippen LogP contribution in [0, 0.1) is 23.7 Å². The van der Waals surface area contributed by atoms with Gasteiger partial charge >= 0.3 is 0 Å². The fraction of sp³-hybridized carbons (Fsp3) is 0.615. The molecule has 8 rings (SSSR count). The molecule has 4 fully saturated rings. The average Bonchev–Trinajstić information content (AvgIpc) is 4.07. The lowest BCUT2D eigenvalue weighted by molar-refractivity contribution is 0.229. The van der Waals surface area contributed by atoms with Crippen LogP contribution in [-0.2, 0) is 0 Å². The zero-order valence-corrected chi connectivity index (χ0v) is 41.3. The maximum atomic E-state index is 5.72. The molecule has 0 radical (unpaired) electrons. The van der Waals surface area contributed by atoms with Crippen LogP contribution in [0.25, 0.3) is 21.8 Å². The van der Waals surface area contributed by atoms with E-state index in [1.165, 1.54) is 51.9 Å². The van der Waals surface area contributed by atoms with Gasteiger partial charge in [0.05, 0.1) is 36.4 Å². The van der Waals surface area contributed by atoms with E-state index in [0.29, 0.717) is 24.0 Å². The fourth-order valence-corrected chi connectivity index (χ4v) is 9.37. The van der Waals surface area contributed by atoms with E-state index in [1.54, 1.807) is 14.2 Å². The van der Waals surface area contributed by atoms with E-state index in [2.05, 4.69) is 79.9 Å². The van der Waals surface area contributed by atoms with Crippen molar-refractivity contribution in [3.63, 3.8) is 0 Å². The van der Waals surface area contributed by atoms with Gasteiger partial charge in [0.15, 0.2) is 0 Å². The Morgan fingerprint density at radius 1 is 0.545 bits per heavy atom. The number of hydrogen-bond acceptors (Lipinski definition) is 14. The van der Waals surface area contributed by atoms with Crippen molar-refractivity contribution in [1.29, 1.82) is 0 Å². The second-order valence-electron chi connectivity index (χ2n) is 18.6. The Kier molecular flexibility index (Phi) is 17.8. The Labute approximate surface area is 395 Å². The normalized spacial score (nSPS) is 17.7. The maximum absolute atomic E-state index is 5.72. The number of hydrogen-bond donors (Lipinski definition) is 2. The molecular formula is C52H76N12O2. The van der Waals surface area contributed by atoms with Crippen molar-refractivity contribution in [2.75, 3.05) is 141 Å². The third kappa shape index (κ3) is 13.1. The van der Waals surface area contributed by atoms with E-state index in [9.17, 15) is 0 Å². The van der Waals surface area contributed by atoms with Crippen molar-refractivity contribution in [2.45, 2.75) is 90.1 Å². The van der Waals surface area contributed by atoms with Gasteiger partial charge in [-0.05, 0) is 115 Å². The van der Waals surface area contributed by atoms with E-state index >= 15 is 0 Å². The molecule has 356 valence electrons. The molecule has 66 heavy (non-hydrogen) atoms. The second-order valence-corrected chi connectivity index (χ2v) is 18.6. The molecule has 14 heteroatoms. The minimum absolute atomic E-state index is 0.414. The second kappa shape index (κ2) is 24.1. The van der Waals surface area contributed by atoms with Crippen LogP contribution in [-0.4, -0.2) is 173 Å². The molecule has 14 nitrogen and oxygen atoms in total. The Hall–Kier alpha value is -5.12. The summed E-state index contributed by atoms with van der Waals surface area (Å²) in [4.78, 5) is 33.2. The topological polar surface area (TPSA) is 114 Å². The Morgan fingerprint density at radius 2 is 0.924 bits per heavy atom. The minimum atomic E-state index is 0.414. The highest BCUT2D eigenvalue weighted by Gasteiger charge is 2.23. The van der Waals surface area contributed by atoms with Crippen LogP contribution in [0.4, 0.5) is 23.5 Å². The number of ether oxygens (including phenoxy) is 2. The molecule has 0 saturated carbocycles. The van der Waals surface area contributed by atoms with E-state index in [4.69, 9.17) is 29.4 Å². The zero-order chi connectivity index (χ0) is 46.4. The van der Waals surface area contributed by atoms with Crippen molar-refractivity contribution in [2.24, 2.45) is 0 Å². The first kappa shape index (κ1) is 48.8. The highest BCUT2D eigenvalue weighted by molar-refractivity contribution is 5.94. The number of benzene rings is 2. The van der Waals surface area contributed by atoms with Gasteiger partial charge in [-0.3, -0.25) is 0 Å². The van der Waals surface area contributed by atoms with Crippen LogP contribution in [0.1, 0.15) is 89.2 Å². The van der Waals surface area contributed by atoms with Gasteiger partial charge in [0.2, 0.25) is 11.9 Å². The summed E-state index contributed by atoms with van der Waals surface area (Å²) in [5.41, 5.74) is 3.56. The molecular weight excluding hydrogens is 825 g/mol. The Balaban J connectivity index is 0.000000196. The highest BCUT2D eigenvalue weighted by atomic mass is 16.5. The Bertz CT molecular complexity index is 2160. The predicted molar refractivity (Wildman–Crippen MR) is 273 cm³/mol. The van der Waals surface area contributed by atoms with Crippen LogP contribution < -0.4 is 29.9 Å². The summed E-state index contributed by atoms with van der Waals surface area (Å²) in [6, 6.07) is 9.02. The van der Waals surface area contributed by atoms with Crippen molar-refractivity contribution in [3.8, 4) is 35.2 Å². The first-order valence-corrected chi connectivity index (χ1v) is 24.7. The summed E-state index contributed by atoms with van der Waals surface area (Å²) in [7, 11) is 11.3. The van der Waals surface area contributed by atoms with Gasteiger partial charge in [-0.15, -0.1) is 0 Å². The molecule has 6 heterocycles. The molecule has 2 aromatic heterocycles. The van der Waals surface area contributed by atoms with Gasteiger partial charge in [0.25, 0.3) is 0 Å². The lowest BCUT2D eigenvalue weighted by Gasteiger charge is -2.32. The number of aromatic nitrogens is 4. The lowest BCUT2D eigenvalue weighted by Crippen LogP contribution is -2.39. The highest BCUT2D eigenvalue weighted by Crippen LogP contribution is 2.33. The summed E-state index contributed by atoms with van der Waals surface area (Å²) in [5, 5.41) is 9.40. The number of anilines is 4. The predicted octanol–water partition coefficient (Wildman–Crippen LogP) is 6.88. The third-order valence-electron chi connectivity index (χ3n) is 13.5. The van der Waals surface area contributed by atoms with Crippen LogP contribution in [0.5, 0.6) is 11.5 Å². The number of likely N-dealkylation sites (tertiary alicyclic amines) is 4. The number of piperidine rings is 2. The number of rotatable bonds is 14. The molecule has 4 aliphatic heterocycles. The summed E-state index contributed by atoms with van der Waals surface area (Å²) < 4.78 is 11.4. The van der Waals surface area contributed by atoms with Crippen LogP contribution in [0.2, 0.25) is 0 Å². The molecule has 4 aromatic rings. The zero-order valence-electron chi connectivity index (χ0n) is 41.3. The van der Waals surface area contributed by atoms with Crippen molar-refractivity contribution < 1.29 is 9.47 Å². The number of methoxy groups -OCH3 is 2. The van der Waals surface area contributed by atoms with Crippen molar-refractivity contribution >= 4 is 45.3 Å². The van der Waals surface area contributed by atoms with Gasteiger partial charge in [-0.2, -0.15) is 9.97 Å². The first-order valence-electron chi connectivity index (χ1n) is 24.7. The van der Waals surface area contributed by atoms with Crippen LogP contribution in [0.15, 0.2) is 24.3 Å². The van der Waals surface area contributed by atoms with Crippen molar-refractivity contribution in [3.05, 3.63) is 35.4 Å². The van der Waals surface area contributed by atoms with E-state index in [1.807, 2.05) is 50.1 Å². The standard InChI is InChI=1S/2C26H38N6O/c2*1-5-31-16-11-21(12-17-31)27-25-22-19-24(33-4)20(10-6-7-13-32-14-8-9-15-32)18-23(22)28-26(29-25)30(2)3/h2*18-19,21H,5,7-9,11-17H2,1-4H3,(H,27,28,29). The van der Waals surface area contributed by atoms with E-state index in [0.717, 1.165) is 147 Å². The molecule has 0 atom stereocenters. The lowest BCUT2D eigenvalue weighted by atomic mass is 10.0. The summed E-state index contributed by atoms with van der Waals surface area (Å²) in [6.45, 7) is 18.1. The number of fused-ring (bicyclic) bond motifs is 2. The summed E-state index contributed by atoms with van der Waals surface area (Å²) >= 11 is 0. The molecule has 0 unspecified atom stereocenters. The monoisotopic (exact) mass is 901 g/mol. The molecule has 4 aliphatic rings. The van der Waals surface area contributed by atoms with Gasteiger partial charge < -0.3 is 49.5 Å². The number of nitrogens with zero attached hydrogens (tertiary/aromatic N) is 10. The van der Waals surface area contributed by atoms with Crippen LogP contribution in [0.3, 0.4) is 0 Å².